The molecule has 0 spiro atoms. The molecule has 1 rings (SSSR count). The molecule has 0 aliphatic heterocycles. The Hall–Kier alpha value is -2.37. The lowest BCUT2D eigenvalue weighted by molar-refractivity contribution is -0.161. The molecule has 0 atom stereocenters. The molecule has 6 nitrogen and oxygen atoms in total. The van der Waals surface area contributed by atoms with Crippen LogP contribution in [0.25, 0.3) is 0 Å². The quantitative estimate of drug-likeness (QED) is 0.481. The summed E-state index contributed by atoms with van der Waals surface area (Å²) in [5.41, 5.74) is -0.596. The summed E-state index contributed by atoms with van der Waals surface area (Å²) in [4.78, 5) is 34.3. The zero-order chi connectivity index (χ0) is 16.0. The second kappa shape index (κ2) is 6.88. The van der Waals surface area contributed by atoms with Gasteiger partial charge in [-0.05, 0) is 32.9 Å². The number of para-hydroxylation sites is 1. The van der Waals surface area contributed by atoms with Crippen molar-refractivity contribution in [1.82, 2.24) is 0 Å². The highest BCUT2D eigenvalue weighted by atomic mass is 16.7. The zero-order valence-electron chi connectivity index (χ0n) is 12.5. The molecule has 0 heterocycles. The predicted molar refractivity (Wildman–Crippen MR) is 73.6 cm³/mol. The van der Waals surface area contributed by atoms with Gasteiger partial charge in [0.2, 0.25) is 6.79 Å². The molecule has 21 heavy (non-hydrogen) atoms. The summed E-state index contributed by atoms with van der Waals surface area (Å²) in [5.74, 6) is -1.68. The van der Waals surface area contributed by atoms with E-state index in [1.165, 1.54) is 19.1 Å². The highest BCUT2D eigenvalue weighted by Gasteiger charge is 2.23. The Bertz CT molecular complexity index is 541. The third-order valence-corrected chi connectivity index (χ3v) is 2.35. The van der Waals surface area contributed by atoms with Crippen molar-refractivity contribution >= 4 is 17.9 Å². The van der Waals surface area contributed by atoms with Crippen molar-refractivity contribution in [2.45, 2.75) is 27.7 Å². The van der Waals surface area contributed by atoms with Crippen molar-refractivity contribution in [3.05, 3.63) is 29.8 Å². The summed E-state index contributed by atoms with van der Waals surface area (Å²) in [6, 6.07) is 6.14. The summed E-state index contributed by atoms with van der Waals surface area (Å²) in [7, 11) is 0. The molecule has 0 unspecified atom stereocenters. The van der Waals surface area contributed by atoms with Gasteiger partial charge in [0.25, 0.3) is 0 Å². The first-order chi connectivity index (χ1) is 9.71. The third kappa shape index (κ3) is 5.25. The number of carbonyl (C=O) groups excluding carboxylic acids is 3. The Morgan fingerprint density at radius 1 is 1.05 bits per heavy atom. The van der Waals surface area contributed by atoms with Gasteiger partial charge in [-0.2, -0.15) is 0 Å². The largest absolute Gasteiger partial charge is 0.427 e. The molecule has 0 saturated heterocycles. The summed E-state index contributed by atoms with van der Waals surface area (Å²) in [5, 5.41) is 0. The van der Waals surface area contributed by atoms with Crippen LogP contribution in [0.3, 0.4) is 0 Å². The highest BCUT2D eigenvalue weighted by Crippen LogP contribution is 2.19. The number of benzene rings is 1. The molecule has 0 aliphatic carbocycles. The fourth-order valence-electron chi connectivity index (χ4n) is 1.31. The maximum Gasteiger partial charge on any atom is 0.344 e. The van der Waals surface area contributed by atoms with Crippen LogP contribution in [0.1, 0.15) is 38.1 Å². The summed E-state index contributed by atoms with van der Waals surface area (Å²) in [6.07, 6.45) is 0. The lowest BCUT2D eigenvalue weighted by atomic mass is 9.98. The fraction of sp³-hybridized carbons (Fsp3) is 0.400. The number of carbonyl (C=O) groups is 3. The topological polar surface area (TPSA) is 78.9 Å². The summed E-state index contributed by atoms with van der Waals surface area (Å²) < 4.78 is 14.6. The molecule has 6 heteroatoms. The number of esters is 3. The van der Waals surface area contributed by atoms with Crippen molar-refractivity contribution in [3.8, 4) is 5.75 Å². The van der Waals surface area contributed by atoms with Gasteiger partial charge in [0.1, 0.15) is 11.3 Å². The minimum Gasteiger partial charge on any atom is -0.427 e. The predicted octanol–water partition coefficient (Wildman–Crippen LogP) is 2.32. The van der Waals surface area contributed by atoms with Crippen molar-refractivity contribution in [2.24, 2.45) is 5.41 Å². The molecule has 1 aromatic rings. The number of hydrogen-bond acceptors (Lipinski definition) is 6. The first kappa shape index (κ1) is 16.7. The fourth-order valence-corrected chi connectivity index (χ4v) is 1.31. The monoisotopic (exact) mass is 294 g/mol. The zero-order valence-corrected chi connectivity index (χ0v) is 12.5. The van der Waals surface area contributed by atoms with Crippen LogP contribution in [0.4, 0.5) is 0 Å². The van der Waals surface area contributed by atoms with Crippen molar-refractivity contribution in [3.63, 3.8) is 0 Å². The van der Waals surface area contributed by atoms with Crippen molar-refractivity contribution in [1.29, 1.82) is 0 Å². The van der Waals surface area contributed by atoms with Crippen LogP contribution in [0.2, 0.25) is 0 Å². The highest BCUT2D eigenvalue weighted by molar-refractivity contribution is 5.93. The van der Waals surface area contributed by atoms with E-state index < -0.39 is 30.1 Å². The van der Waals surface area contributed by atoms with Gasteiger partial charge in [-0.15, -0.1) is 0 Å². The van der Waals surface area contributed by atoms with E-state index in [1.807, 2.05) is 0 Å². The molecular weight excluding hydrogens is 276 g/mol. The molecule has 0 fully saturated rings. The second-order valence-electron chi connectivity index (χ2n) is 5.32. The standard InChI is InChI=1S/C15H18O6/c1-10(16)21-12-8-6-5-7-11(12)13(17)19-9-20-14(18)15(2,3)4/h5-8H,9H2,1-4H3. The van der Waals surface area contributed by atoms with E-state index in [1.54, 1.807) is 32.9 Å². The van der Waals surface area contributed by atoms with E-state index in [4.69, 9.17) is 14.2 Å². The first-order valence-corrected chi connectivity index (χ1v) is 6.33. The molecule has 0 aliphatic rings. The maximum atomic E-state index is 11.9. The average molecular weight is 294 g/mol. The van der Waals surface area contributed by atoms with Gasteiger partial charge in [-0.1, -0.05) is 12.1 Å². The number of rotatable bonds is 4. The van der Waals surface area contributed by atoms with E-state index in [2.05, 4.69) is 0 Å². The molecule has 114 valence electrons. The Labute approximate surface area is 123 Å². The number of ether oxygens (including phenoxy) is 3. The average Bonchev–Trinajstić information content (AvgIpc) is 2.37. The van der Waals surface area contributed by atoms with E-state index in [0.717, 1.165) is 0 Å². The van der Waals surface area contributed by atoms with E-state index in [0.29, 0.717) is 0 Å². The van der Waals surface area contributed by atoms with Crippen LogP contribution in [-0.4, -0.2) is 24.7 Å². The molecular formula is C15H18O6. The first-order valence-electron chi connectivity index (χ1n) is 6.33. The smallest absolute Gasteiger partial charge is 0.344 e. The lowest BCUT2D eigenvalue weighted by Crippen LogP contribution is -2.24. The Morgan fingerprint density at radius 3 is 2.24 bits per heavy atom. The van der Waals surface area contributed by atoms with E-state index in [-0.39, 0.29) is 11.3 Å². The Balaban J connectivity index is 2.64. The van der Waals surface area contributed by atoms with E-state index >= 15 is 0 Å². The van der Waals surface area contributed by atoms with Gasteiger partial charge in [-0.25, -0.2) is 4.79 Å². The maximum absolute atomic E-state index is 11.9. The SMILES string of the molecule is CC(=O)Oc1ccccc1C(=O)OCOC(=O)C(C)(C)C. The van der Waals surface area contributed by atoms with Gasteiger partial charge >= 0.3 is 17.9 Å². The van der Waals surface area contributed by atoms with Gasteiger partial charge in [-0.3, -0.25) is 9.59 Å². The summed E-state index contributed by atoms with van der Waals surface area (Å²) in [6.45, 7) is 5.80. The van der Waals surface area contributed by atoms with Crippen LogP contribution in [0, 0.1) is 5.41 Å². The third-order valence-electron chi connectivity index (χ3n) is 2.35. The minimum atomic E-state index is -0.742. The second-order valence-corrected chi connectivity index (χ2v) is 5.32. The van der Waals surface area contributed by atoms with Crippen LogP contribution >= 0.6 is 0 Å². The lowest BCUT2D eigenvalue weighted by Gasteiger charge is -2.16. The molecule has 0 aromatic heterocycles. The van der Waals surface area contributed by atoms with Crippen molar-refractivity contribution < 1.29 is 28.6 Å². The van der Waals surface area contributed by atoms with Crippen LogP contribution < -0.4 is 4.74 Å². The molecule has 0 radical (unpaired) electrons. The van der Waals surface area contributed by atoms with Gasteiger partial charge in [0, 0.05) is 6.92 Å². The van der Waals surface area contributed by atoms with Gasteiger partial charge < -0.3 is 14.2 Å². The molecule has 0 N–H and O–H groups in total. The Morgan fingerprint density at radius 2 is 1.67 bits per heavy atom. The normalized spacial score (nSPS) is 10.7. The van der Waals surface area contributed by atoms with Crippen molar-refractivity contribution in [2.75, 3.05) is 6.79 Å². The van der Waals surface area contributed by atoms with E-state index in [9.17, 15) is 14.4 Å². The van der Waals surface area contributed by atoms with Crippen LogP contribution in [-0.2, 0) is 19.1 Å². The van der Waals surface area contributed by atoms with Gasteiger partial charge in [0.15, 0.2) is 0 Å². The number of hydrogen-bond donors (Lipinski definition) is 0. The minimum absolute atomic E-state index is 0.0829. The summed E-state index contributed by atoms with van der Waals surface area (Å²) >= 11 is 0. The van der Waals surface area contributed by atoms with Crippen LogP contribution in [0.5, 0.6) is 5.75 Å². The molecule has 0 amide bonds. The van der Waals surface area contributed by atoms with Gasteiger partial charge in [0.05, 0.1) is 5.41 Å². The molecule has 0 saturated carbocycles. The Kier molecular flexibility index (Phi) is 5.46. The van der Waals surface area contributed by atoms with Crippen LogP contribution in [0.15, 0.2) is 24.3 Å². The molecule has 1 aromatic carbocycles. The molecule has 0 bridgehead atoms.